The van der Waals surface area contributed by atoms with Gasteiger partial charge in [0, 0.05) is 25.8 Å². The third-order valence-electron chi connectivity index (χ3n) is 4.76. The number of amides is 2. The number of carbonyl (C=O) groups excluding carboxylic acids is 2. The van der Waals surface area contributed by atoms with Gasteiger partial charge in [-0.1, -0.05) is 25.5 Å². The molecule has 1 aliphatic heterocycles. The van der Waals surface area contributed by atoms with Crippen molar-refractivity contribution in [3.63, 3.8) is 0 Å². The summed E-state index contributed by atoms with van der Waals surface area (Å²) in [4.78, 5) is 37.1. The van der Waals surface area contributed by atoms with Crippen LogP contribution in [-0.2, 0) is 11.3 Å². The molecule has 0 bridgehead atoms. The maximum atomic E-state index is 12.7. The molecule has 0 spiro atoms. The van der Waals surface area contributed by atoms with Crippen molar-refractivity contribution in [2.45, 2.75) is 45.3 Å². The van der Waals surface area contributed by atoms with E-state index >= 15 is 0 Å². The molecule has 1 aliphatic rings. The quantitative estimate of drug-likeness (QED) is 0.710. The zero-order chi connectivity index (χ0) is 20.6. The van der Waals surface area contributed by atoms with E-state index in [1.807, 2.05) is 6.92 Å². The molecule has 1 aromatic heterocycles. The summed E-state index contributed by atoms with van der Waals surface area (Å²) in [6.07, 6.45) is 3.68. The fourth-order valence-electron chi connectivity index (χ4n) is 3.12. The second kappa shape index (κ2) is 9.97. The Balaban J connectivity index is 1.70. The van der Waals surface area contributed by atoms with Gasteiger partial charge in [-0.05, 0) is 37.5 Å². The third kappa shape index (κ3) is 5.51. The van der Waals surface area contributed by atoms with Gasteiger partial charge in [0.25, 0.3) is 17.4 Å². The van der Waals surface area contributed by atoms with Crippen LogP contribution >= 0.6 is 0 Å². The van der Waals surface area contributed by atoms with Gasteiger partial charge in [0.2, 0.25) is 0 Å². The number of rotatable bonds is 8. The fourth-order valence-corrected chi connectivity index (χ4v) is 3.12. The number of benzene rings is 1. The molecule has 2 amide bonds. The molecule has 1 atom stereocenters. The van der Waals surface area contributed by atoms with Crippen molar-refractivity contribution in [3.05, 3.63) is 58.0 Å². The molecular weight excluding hydrogens is 372 g/mol. The van der Waals surface area contributed by atoms with Crippen molar-refractivity contribution in [2.75, 3.05) is 18.5 Å². The lowest BCUT2D eigenvalue weighted by Gasteiger charge is -2.14. The first-order valence-corrected chi connectivity index (χ1v) is 9.97. The standard InChI is InChI=1S/C21H26N4O4/c1-2-3-12-25-19(26)11-10-18(24-25)21(28)23-17-9-5-4-8-16(17)20(27)22-14-15-7-6-13-29-15/h4-5,8-11,15H,2-3,6-7,12-14H2,1H3,(H,22,27)(H,23,28)/t15-/m1/s1. The summed E-state index contributed by atoms with van der Waals surface area (Å²) < 4.78 is 6.81. The number of nitrogens with one attached hydrogen (secondary N) is 2. The van der Waals surface area contributed by atoms with Crippen LogP contribution in [0.15, 0.2) is 41.2 Å². The summed E-state index contributed by atoms with van der Waals surface area (Å²) in [6, 6.07) is 9.50. The number of carbonyl (C=O) groups is 2. The molecule has 0 radical (unpaired) electrons. The van der Waals surface area contributed by atoms with Crippen molar-refractivity contribution in [1.29, 1.82) is 0 Å². The lowest BCUT2D eigenvalue weighted by molar-refractivity contribution is 0.0858. The lowest BCUT2D eigenvalue weighted by Crippen LogP contribution is -2.32. The Hall–Kier alpha value is -3.00. The van der Waals surface area contributed by atoms with Gasteiger partial charge in [0.05, 0.1) is 17.4 Å². The van der Waals surface area contributed by atoms with Crippen LogP contribution in [0.4, 0.5) is 5.69 Å². The van der Waals surface area contributed by atoms with Crippen molar-refractivity contribution >= 4 is 17.5 Å². The molecule has 1 fully saturated rings. The second-order valence-electron chi connectivity index (χ2n) is 6.98. The molecule has 29 heavy (non-hydrogen) atoms. The summed E-state index contributed by atoms with van der Waals surface area (Å²) >= 11 is 0. The number of ether oxygens (including phenoxy) is 1. The van der Waals surface area contributed by atoms with E-state index in [4.69, 9.17) is 4.74 Å². The Bertz CT molecular complexity index is 919. The van der Waals surface area contributed by atoms with Gasteiger partial charge in [-0.15, -0.1) is 0 Å². The molecule has 2 aromatic rings. The molecule has 3 rings (SSSR count). The molecule has 8 nitrogen and oxygen atoms in total. The van der Waals surface area contributed by atoms with Crippen LogP contribution in [0.3, 0.4) is 0 Å². The molecule has 154 valence electrons. The van der Waals surface area contributed by atoms with Crippen LogP contribution in [0.2, 0.25) is 0 Å². The van der Waals surface area contributed by atoms with Crippen molar-refractivity contribution in [2.24, 2.45) is 0 Å². The monoisotopic (exact) mass is 398 g/mol. The molecule has 1 aromatic carbocycles. The normalized spacial score (nSPS) is 15.8. The van der Waals surface area contributed by atoms with E-state index in [2.05, 4.69) is 15.7 Å². The summed E-state index contributed by atoms with van der Waals surface area (Å²) in [5.74, 6) is -0.758. The molecule has 1 saturated heterocycles. The highest BCUT2D eigenvalue weighted by molar-refractivity contribution is 6.08. The average molecular weight is 398 g/mol. The topological polar surface area (TPSA) is 102 Å². The molecule has 0 saturated carbocycles. The van der Waals surface area contributed by atoms with Crippen LogP contribution in [0.1, 0.15) is 53.5 Å². The van der Waals surface area contributed by atoms with Crippen molar-refractivity contribution in [1.82, 2.24) is 15.1 Å². The maximum absolute atomic E-state index is 12.7. The maximum Gasteiger partial charge on any atom is 0.276 e. The first-order valence-electron chi connectivity index (χ1n) is 9.97. The summed E-state index contributed by atoms with van der Waals surface area (Å²) in [5, 5.41) is 9.73. The fraction of sp³-hybridized carbons (Fsp3) is 0.429. The van der Waals surface area contributed by atoms with Crippen LogP contribution in [0.5, 0.6) is 0 Å². The predicted octanol–water partition coefficient (Wildman–Crippen LogP) is 2.20. The van der Waals surface area contributed by atoms with Gasteiger partial charge >= 0.3 is 0 Å². The summed E-state index contributed by atoms with van der Waals surface area (Å²) in [6.45, 7) is 3.63. The molecule has 0 unspecified atom stereocenters. The van der Waals surface area contributed by atoms with Crippen molar-refractivity contribution < 1.29 is 14.3 Å². The average Bonchev–Trinajstić information content (AvgIpc) is 3.25. The van der Waals surface area contributed by atoms with Gasteiger partial charge < -0.3 is 15.4 Å². The minimum atomic E-state index is -0.477. The highest BCUT2D eigenvalue weighted by Gasteiger charge is 2.19. The number of unbranched alkanes of at least 4 members (excludes halogenated alkanes) is 1. The molecule has 8 heteroatoms. The second-order valence-corrected chi connectivity index (χ2v) is 6.98. The Labute approximate surface area is 169 Å². The van der Waals surface area contributed by atoms with Gasteiger partial charge in [-0.3, -0.25) is 14.4 Å². The first-order chi connectivity index (χ1) is 14.1. The number of hydrogen-bond acceptors (Lipinski definition) is 5. The Morgan fingerprint density at radius 3 is 2.79 bits per heavy atom. The largest absolute Gasteiger partial charge is 0.376 e. The summed E-state index contributed by atoms with van der Waals surface area (Å²) in [5.41, 5.74) is 0.618. The van der Waals surface area contributed by atoms with E-state index in [1.54, 1.807) is 24.3 Å². The lowest BCUT2D eigenvalue weighted by atomic mass is 10.1. The van der Waals surface area contributed by atoms with E-state index in [1.165, 1.54) is 16.8 Å². The van der Waals surface area contributed by atoms with E-state index in [0.29, 0.717) is 24.3 Å². The van der Waals surface area contributed by atoms with E-state index in [-0.39, 0.29) is 23.3 Å². The van der Waals surface area contributed by atoms with Gasteiger partial charge in [-0.2, -0.15) is 5.10 Å². The Morgan fingerprint density at radius 1 is 1.21 bits per heavy atom. The minimum Gasteiger partial charge on any atom is -0.376 e. The number of aromatic nitrogens is 2. The molecule has 0 aliphatic carbocycles. The van der Waals surface area contributed by atoms with Crippen molar-refractivity contribution in [3.8, 4) is 0 Å². The van der Waals surface area contributed by atoms with Gasteiger partial charge in [-0.25, -0.2) is 4.68 Å². The zero-order valence-corrected chi connectivity index (χ0v) is 16.5. The smallest absolute Gasteiger partial charge is 0.276 e. The zero-order valence-electron chi connectivity index (χ0n) is 16.5. The Kier molecular flexibility index (Phi) is 7.13. The molecule has 2 N–H and O–H groups in total. The van der Waals surface area contributed by atoms with E-state index in [9.17, 15) is 14.4 Å². The van der Waals surface area contributed by atoms with Gasteiger partial charge in [0.15, 0.2) is 0 Å². The SMILES string of the molecule is CCCCn1nc(C(=O)Nc2ccccc2C(=O)NC[C@H]2CCCO2)ccc1=O. The number of nitrogens with zero attached hydrogens (tertiary/aromatic N) is 2. The van der Waals surface area contributed by atoms with Gasteiger partial charge in [0.1, 0.15) is 5.69 Å². The van der Waals surface area contributed by atoms with Crippen LogP contribution in [0, 0.1) is 0 Å². The number of para-hydroxylation sites is 1. The van der Waals surface area contributed by atoms with Crippen LogP contribution in [-0.4, -0.2) is 40.9 Å². The van der Waals surface area contributed by atoms with E-state index < -0.39 is 5.91 Å². The predicted molar refractivity (Wildman–Crippen MR) is 109 cm³/mol. The van der Waals surface area contributed by atoms with Crippen LogP contribution < -0.4 is 16.2 Å². The number of hydrogen-bond donors (Lipinski definition) is 2. The third-order valence-corrected chi connectivity index (χ3v) is 4.76. The molecule has 2 heterocycles. The first kappa shape index (κ1) is 20.7. The number of anilines is 1. The van der Waals surface area contributed by atoms with E-state index in [0.717, 1.165) is 32.3 Å². The highest BCUT2D eigenvalue weighted by Crippen LogP contribution is 2.17. The molecular formula is C21H26N4O4. The minimum absolute atomic E-state index is 0.0362. The van der Waals surface area contributed by atoms with Crippen LogP contribution in [0.25, 0.3) is 0 Å². The Morgan fingerprint density at radius 2 is 2.03 bits per heavy atom. The number of aryl methyl sites for hydroxylation is 1. The summed E-state index contributed by atoms with van der Waals surface area (Å²) in [7, 11) is 0. The highest BCUT2D eigenvalue weighted by atomic mass is 16.5.